The lowest BCUT2D eigenvalue weighted by atomic mass is 9.78. The molecule has 0 spiro atoms. The third-order valence-electron chi connectivity index (χ3n) is 4.39. The van der Waals surface area contributed by atoms with Crippen molar-refractivity contribution in [3.8, 4) is 0 Å². The number of nitro benzene ring substituents is 1. The van der Waals surface area contributed by atoms with Crippen LogP contribution in [0.15, 0.2) is 46.8 Å². The van der Waals surface area contributed by atoms with Crippen molar-refractivity contribution in [2.24, 2.45) is 0 Å². The zero-order valence-corrected chi connectivity index (χ0v) is 15.3. The van der Waals surface area contributed by atoms with E-state index in [4.69, 9.17) is 9.47 Å². The third kappa shape index (κ3) is 3.82. The van der Waals surface area contributed by atoms with E-state index in [1.54, 1.807) is 19.9 Å². The molecule has 2 N–H and O–H groups in total. The van der Waals surface area contributed by atoms with E-state index in [1.807, 2.05) is 0 Å². The first kappa shape index (κ1) is 20.1. The normalized spacial score (nSPS) is 18.0. The monoisotopic (exact) mass is 376 g/mol. The van der Waals surface area contributed by atoms with Crippen LogP contribution in [-0.2, 0) is 19.1 Å². The molecule has 1 heterocycles. The maximum atomic E-state index is 12.2. The largest absolute Gasteiger partial charge is 0.478 e. The van der Waals surface area contributed by atoms with Crippen LogP contribution in [0.25, 0.3) is 0 Å². The highest BCUT2D eigenvalue weighted by molar-refractivity contribution is 5.92. The second-order valence-electron chi connectivity index (χ2n) is 5.97. The van der Waals surface area contributed by atoms with Gasteiger partial charge in [-0.05, 0) is 19.4 Å². The Kier molecular flexibility index (Phi) is 5.96. The molecule has 1 aromatic rings. The molecule has 0 aliphatic carbocycles. The minimum absolute atomic E-state index is 0.0259. The number of carboxylic acid groups (broad SMARTS) is 1. The van der Waals surface area contributed by atoms with Crippen molar-refractivity contribution >= 4 is 17.6 Å². The number of methoxy groups -OCH3 is 2. The maximum absolute atomic E-state index is 12.2. The predicted molar refractivity (Wildman–Crippen MR) is 94.8 cm³/mol. The molecule has 2 unspecified atom stereocenters. The Morgan fingerprint density at radius 2 is 1.93 bits per heavy atom. The van der Waals surface area contributed by atoms with Crippen molar-refractivity contribution in [1.29, 1.82) is 0 Å². The number of nitro groups is 1. The van der Waals surface area contributed by atoms with Gasteiger partial charge in [0, 0.05) is 42.1 Å². The summed E-state index contributed by atoms with van der Waals surface area (Å²) in [7, 11) is 2.50. The Morgan fingerprint density at radius 3 is 2.44 bits per heavy atom. The van der Waals surface area contributed by atoms with E-state index in [0.717, 1.165) is 0 Å². The second kappa shape index (κ2) is 8.00. The number of carbonyl (C=O) groups excluding carboxylic acids is 1. The number of dihydropyridines is 1. The van der Waals surface area contributed by atoms with Crippen molar-refractivity contribution in [2.45, 2.75) is 25.9 Å². The SMILES string of the molecule is COC(=O)C(OC)C1=C(C)NC(C)=C(C(=O)O)C1c1cccc([N+](=O)[O-])c1. The van der Waals surface area contributed by atoms with Gasteiger partial charge in [0.2, 0.25) is 0 Å². The van der Waals surface area contributed by atoms with Crippen molar-refractivity contribution in [1.82, 2.24) is 5.32 Å². The molecule has 0 aromatic heterocycles. The first-order chi connectivity index (χ1) is 12.7. The minimum Gasteiger partial charge on any atom is -0.478 e. The van der Waals surface area contributed by atoms with E-state index < -0.39 is 28.9 Å². The van der Waals surface area contributed by atoms with Crippen LogP contribution in [0.5, 0.6) is 0 Å². The van der Waals surface area contributed by atoms with Crippen LogP contribution in [0, 0.1) is 10.1 Å². The van der Waals surface area contributed by atoms with E-state index in [1.165, 1.54) is 32.4 Å². The van der Waals surface area contributed by atoms with Crippen molar-refractivity contribution in [3.05, 3.63) is 62.5 Å². The molecule has 1 aliphatic rings. The Hall–Kier alpha value is -3.20. The fourth-order valence-corrected chi connectivity index (χ4v) is 3.26. The molecule has 0 saturated carbocycles. The summed E-state index contributed by atoms with van der Waals surface area (Å²) in [6.07, 6.45) is -1.17. The number of nitrogens with one attached hydrogen (secondary N) is 1. The molecule has 2 rings (SSSR count). The Balaban J connectivity index is 2.75. The lowest BCUT2D eigenvalue weighted by Crippen LogP contribution is -2.37. The second-order valence-corrected chi connectivity index (χ2v) is 5.97. The number of carboxylic acids is 1. The van der Waals surface area contributed by atoms with Gasteiger partial charge < -0.3 is 19.9 Å². The predicted octanol–water partition coefficient (Wildman–Crippen LogP) is 2.10. The topological polar surface area (TPSA) is 128 Å². The van der Waals surface area contributed by atoms with Gasteiger partial charge in [0.1, 0.15) is 0 Å². The molecule has 144 valence electrons. The van der Waals surface area contributed by atoms with E-state index in [2.05, 4.69) is 5.32 Å². The first-order valence-electron chi connectivity index (χ1n) is 7.99. The lowest BCUT2D eigenvalue weighted by Gasteiger charge is -2.33. The lowest BCUT2D eigenvalue weighted by molar-refractivity contribution is -0.384. The molecule has 1 aliphatic heterocycles. The molecule has 0 saturated heterocycles. The van der Waals surface area contributed by atoms with Gasteiger partial charge >= 0.3 is 11.9 Å². The molecule has 27 heavy (non-hydrogen) atoms. The summed E-state index contributed by atoms with van der Waals surface area (Å²) in [4.78, 5) is 34.8. The number of aliphatic carboxylic acids is 1. The van der Waals surface area contributed by atoms with Crippen LogP contribution in [0.1, 0.15) is 25.3 Å². The quantitative estimate of drug-likeness (QED) is 0.439. The van der Waals surface area contributed by atoms with Crippen LogP contribution in [0.2, 0.25) is 0 Å². The summed E-state index contributed by atoms with van der Waals surface area (Å²) in [6, 6.07) is 5.66. The van der Waals surface area contributed by atoms with Gasteiger partial charge in [0.05, 0.1) is 17.6 Å². The van der Waals surface area contributed by atoms with Crippen LogP contribution < -0.4 is 5.32 Å². The Bertz CT molecular complexity index is 857. The first-order valence-corrected chi connectivity index (χ1v) is 7.99. The highest BCUT2D eigenvalue weighted by Crippen LogP contribution is 2.41. The molecule has 2 atom stereocenters. The van der Waals surface area contributed by atoms with Gasteiger partial charge in [-0.2, -0.15) is 0 Å². The number of ether oxygens (including phenoxy) is 2. The summed E-state index contributed by atoms with van der Waals surface area (Å²) in [5.74, 6) is -2.83. The van der Waals surface area contributed by atoms with Gasteiger partial charge in [0.25, 0.3) is 5.69 Å². The smallest absolute Gasteiger partial charge is 0.339 e. The molecule has 9 nitrogen and oxygen atoms in total. The molecule has 1 aromatic carbocycles. The summed E-state index contributed by atoms with van der Waals surface area (Å²) < 4.78 is 10.1. The third-order valence-corrected chi connectivity index (χ3v) is 4.39. The highest BCUT2D eigenvalue weighted by Gasteiger charge is 2.40. The number of hydrogen-bond donors (Lipinski definition) is 2. The molecule has 9 heteroatoms. The van der Waals surface area contributed by atoms with Crippen LogP contribution in [0.4, 0.5) is 5.69 Å². The summed E-state index contributed by atoms with van der Waals surface area (Å²) in [5, 5.41) is 23.9. The van der Waals surface area contributed by atoms with Gasteiger partial charge in [-0.25, -0.2) is 9.59 Å². The summed E-state index contributed by atoms with van der Waals surface area (Å²) in [5.41, 5.74) is 1.38. The Morgan fingerprint density at radius 1 is 1.26 bits per heavy atom. The summed E-state index contributed by atoms with van der Waals surface area (Å²) >= 11 is 0. The number of hydrogen-bond acceptors (Lipinski definition) is 7. The van der Waals surface area contributed by atoms with Crippen LogP contribution >= 0.6 is 0 Å². The fourth-order valence-electron chi connectivity index (χ4n) is 3.26. The van der Waals surface area contributed by atoms with E-state index in [9.17, 15) is 24.8 Å². The molecular formula is C18H20N2O7. The average Bonchev–Trinajstić information content (AvgIpc) is 2.62. The molecule has 0 radical (unpaired) electrons. The molecule has 0 amide bonds. The number of rotatable bonds is 6. The number of benzene rings is 1. The number of carbonyl (C=O) groups is 2. The van der Waals surface area contributed by atoms with Crippen LogP contribution in [0.3, 0.4) is 0 Å². The Labute approximate surface area is 155 Å². The van der Waals surface area contributed by atoms with Gasteiger partial charge in [-0.3, -0.25) is 10.1 Å². The van der Waals surface area contributed by atoms with Crippen molar-refractivity contribution in [3.63, 3.8) is 0 Å². The highest BCUT2D eigenvalue weighted by atomic mass is 16.6. The summed E-state index contributed by atoms with van der Waals surface area (Å²) in [6.45, 7) is 3.27. The molecular weight excluding hydrogens is 356 g/mol. The van der Waals surface area contributed by atoms with Gasteiger partial charge in [0.15, 0.2) is 6.10 Å². The van der Waals surface area contributed by atoms with Gasteiger partial charge in [-0.15, -0.1) is 0 Å². The van der Waals surface area contributed by atoms with Crippen molar-refractivity contribution in [2.75, 3.05) is 14.2 Å². The minimum atomic E-state index is -1.21. The fraction of sp³-hybridized carbons (Fsp3) is 0.333. The molecule has 0 bridgehead atoms. The average molecular weight is 376 g/mol. The maximum Gasteiger partial charge on any atom is 0.339 e. The van der Waals surface area contributed by atoms with Gasteiger partial charge in [-0.1, -0.05) is 12.1 Å². The number of non-ortho nitro benzene ring substituents is 1. The van der Waals surface area contributed by atoms with Crippen LogP contribution in [-0.4, -0.2) is 42.3 Å². The van der Waals surface area contributed by atoms with E-state index in [-0.39, 0.29) is 11.3 Å². The number of allylic oxidation sites excluding steroid dienone is 2. The zero-order valence-electron chi connectivity index (χ0n) is 15.3. The number of esters is 1. The number of nitrogens with zero attached hydrogens (tertiary/aromatic N) is 1. The van der Waals surface area contributed by atoms with E-state index >= 15 is 0 Å². The zero-order chi connectivity index (χ0) is 20.3. The van der Waals surface area contributed by atoms with Crippen molar-refractivity contribution < 1.29 is 29.1 Å². The molecule has 0 fully saturated rings. The van der Waals surface area contributed by atoms with E-state index in [0.29, 0.717) is 22.5 Å². The standard InChI is InChI=1S/C18H20N2O7/c1-9-13(16(26-3)18(23)27-4)15(14(17(21)22)10(2)19-9)11-6-5-7-12(8-11)20(24)25/h5-8,15-16,19H,1-4H3,(H,21,22).